The molecule has 0 atom stereocenters. The predicted octanol–water partition coefficient (Wildman–Crippen LogP) is 3.84. The molecule has 0 spiro atoms. The molecule has 0 saturated carbocycles. The Kier molecular flexibility index (Phi) is 3.93. The van der Waals surface area contributed by atoms with Gasteiger partial charge in [0.25, 0.3) is 0 Å². The van der Waals surface area contributed by atoms with E-state index in [4.69, 9.17) is 9.47 Å². The molecule has 0 fully saturated rings. The van der Waals surface area contributed by atoms with Crippen molar-refractivity contribution in [2.45, 2.75) is 0 Å². The third kappa shape index (κ3) is 2.85. The Bertz CT molecular complexity index is 875. The van der Waals surface area contributed by atoms with Crippen LogP contribution in [0.25, 0.3) is 22.2 Å². The molecule has 3 rings (SSSR count). The predicted molar refractivity (Wildman–Crippen MR) is 85.0 cm³/mol. The number of aromatic nitrogens is 1. The minimum atomic E-state index is -0.491. The first-order valence-corrected chi connectivity index (χ1v) is 6.95. The van der Waals surface area contributed by atoms with E-state index in [2.05, 4.69) is 4.98 Å². The van der Waals surface area contributed by atoms with E-state index in [0.717, 1.165) is 5.39 Å². The SMILES string of the molecule is COC(=O)c1cc2ccc(OC)cc2nc1-c1ccc(F)cc1. The summed E-state index contributed by atoms with van der Waals surface area (Å²) in [4.78, 5) is 16.6. The molecule has 4 nitrogen and oxygen atoms in total. The van der Waals surface area contributed by atoms with Gasteiger partial charge in [-0.1, -0.05) is 0 Å². The van der Waals surface area contributed by atoms with Crippen molar-refractivity contribution in [1.29, 1.82) is 0 Å². The van der Waals surface area contributed by atoms with Crippen LogP contribution in [0.1, 0.15) is 10.4 Å². The zero-order chi connectivity index (χ0) is 16.4. The van der Waals surface area contributed by atoms with Crippen LogP contribution in [-0.4, -0.2) is 25.2 Å². The number of ether oxygens (including phenoxy) is 2. The maximum atomic E-state index is 13.2. The van der Waals surface area contributed by atoms with Crippen molar-refractivity contribution in [2.24, 2.45) is 0 Å². The van der Waals surface area contributed by atoms with Crippen molar-refractivity contribution in [3.8, 4) is 17.0 Å². The topological polar surface area (TPSA) is 48.4 Å². The number of nitrogens with zero attached hydrogens (tertiary/aromatic N) is 1. The fraction of sp³-hybridized carbons (Fsp3) is 0.111. The van der Waals surface area contributed by atoms with Crippen molar-refractivity contribution in [2.75, 3.05) is 14.2 Å². The van der Waals surface area contributed by atoms with Crippen LogP contribution in [-0.2, 0) is 4.74 Å². The molecule has 116 valence electrons. The Hall–Kier alpha value is -2.95. The van der Waals surface area contributed by atoms with Crippen LogP contribution in [0.2, 0.25) is 0 Å². The van der Waals surface area contributed by atoms with Gasteiger partial charge in [-0.25, -0.2) is 14.2 Å². The number of halogens is 1. The summed E-state index contributed by atoms with van der Waals surface area (Å²) in [5.41, 5.74) is 2.09. The van der Waals surface area contributed by atoms with Gasteiger partial charge in [-0.05, 0) is 42.5 Å². The quantitative estimate of drug-likeness (QED) is 0.690. The molecule has 0 bridgehead atoms. The molecule has 0 unspecified atom stereocenters. The molecule has 23 heavy (non-hydrogen) atoms. The number of benzene rings is 2. The molecule has 0 N–H and O–H groups in total. The third-order valence-electron chi connectivity index (χ3n) is 3.55. The Balaban J connectivity index is 2.26. The van der Waals surface area contributed by atoms with E-state index in [-0.39, 0.29) is 5.82 Å². The summed E-state index contributed by atoms with van der Waals surface area (Å²) in [6.07, 6.45) is 0. The van der Waals surface area contributed by atoms with Gasteiger partial charge in [-0.15, -0.1) is 0 Å². The molecule has 0 aliphatic heterocycles. The minimum absolute atomic E-state index is 0.330. The lowest BCUT2D eigenvalue weighted by atomic mass is 10.0. The molecule has 1 aromatic heterocycles. The van der Waals surface area contributed by atoms with E-state index in [0.29, 0.717) is 28.1 Å². The average Bonchev–Trinajstić information content (AvgIpc) is 2.60. The van der Waals surface area contributed by atoms with E-state index in [1.165, 1.54) is 19.2 Å². The second-order valence-corrected chi connectivity index (χ2v) is 4.94. The lowest BCUT2D eigenvalue weighted by Crippen LogP contribution is -2.05. The van der Waals surface area contributed by atoms with E-state index < -0.39 is 5.97 Å². The normalized spacial score (nSPS) is 10.6. The van der Waals surface area contributed by atoms with Crippen LogP contribution in [0.15, 0.2) is 48.5 Å². The number of esters is 1. The van der Waals surface area contributed by atoms with Crippen molar-refractivity contribution in [3.05, 3.63) is 59.9 Å². The standard InChI is InChI=1S/C18H14FNO3/c1-22-14-8-5-12-9-15(18(21)23-2)17(20-16(12)10-14)11-3-6-13(19)7-4-11/h3-10H,1-2H3. The van der Waals surface area contributed by atoms with Crippen molar-refractivity contribution >= 4 is 16.9 Å². The van der Waals surface area contributed by atoms with Crippen molar-refractivity contribution in [3.63, 3.8) is 0 Å². The Morgan fingerprint density at radius 1 is 1.04 bits per heavy atom. The molecule has 0 aliphatic rings. The third-order valence-corrected chi connectivity index (χ3v) is 3.55. The fourth-order valence-corrected chi connectivity index (χ4v) is 2.37. The van der Waals surface area contributed by atoms with Gasteiger partial charge >= 0.3 is 5.97 Å². The van der Waals surface area contributed by atoms with Gasteiger partial charge in [-0.3, -0.25) is 0 Å². The van der Waals surface area contributed by atoms with Gasteiger partial charge in [0, 0.05) is 17.0 Å². The molecule has 0 radical (unpaired) electrons. The largest absolute Gasteiger partial charge is 0.497 e. The monoisotopic (exact) mass is 311 g/mol. The smallest absolute Gasteiger partial charge is 0.340 e. The molecule has 3 aromatic rings. The van der Waals surface area contributed by atoms with Gasteiger partial charge in [-0.2, -0.15) is 0 Å². The highest BCUT2D eigenvalue weighted by atomic mass is 19.1. The Morgan fingerprint density at radius 2 is 1.78 bits per heavy atom. The maximum Gasteiger partial charge on any atom is 0.340 e. The van der Waals surface area contributed by atoms with Gasteiger partial charge in [0.1, 0.15) is 11.6 Å². The number of methoxy groups -OCH3 is 2. The summed E-state index contributed by atoms with van der Waals surface area (Å²) >= 11 is 0. The average molecular weight is 311 g/mol. The highest BCUT2D eigenvalue weighted by Gasteiger charge is 2.17. The number of carbonyl (C=O) groups is 1. The summed E-state index contributed by atoms with van der Waals surface area (Å²) in [6, 6.07) is 12.9. The lowest BCUT2D eigenvalue weighted by molar-refractivity contribution is 0.0601. The van der Waals surface area contributed by atoms with Gasteiger partial charge in [0.15, 0.2) is 0 Å². The summed E-state index contributed by atoms with van der Waals surface area (Å²) in [6.45, 7) is 0. The van der Waals surface area contributed by atoms with Crippen molar-refractivity contribution in [1.82, 2.24) is 4.98 Å². The highest BCUT2D eigenvalue weighted by molar-refractivity contribution is 6.00. The van der Waals surface area contributed by atoms with Crippen LogP contribution in [0.3, 0.4) is 0 Å². The zero-order valence-corrected chi connectivity index (χ0v) is 12.7. The summed E-state index contributed by atoms with van der Waals surface area (Å²) in [7, 11) is 2.89. The number of pyridine rings is 1. The number of hydrogen-bond acceptors (Lipinski definition) is 4. The fourth-order valence-electron chi connectivity index (χ4n) is 2.37. The Labute approximate surface area is 132 Å². The molecule has 0 amide bonds. The zero-order valence-electron chi connectivity index (χ0n) is 12.7. The van der Waals surface area contributed by atoms with Gasteiger partial charge in [0.2, 0.25) is 0 Å². The number of fused-ring (bicyclic) bond motifs is 1. The van der Waals surface area contributed by atoms with Crippen LogP contribution in [0.5, 0.6) is 5.75 Å². The Morgan fingerprint density at radius 3 is 2.43 bits per heavy atom. The number of rotatable bonds is 3. The summed E-state index contributed by atoms with van der Waals surface area (Å²) < 4.78 is 23.2. The minimum Gasteiger partial charge on any atom is -0.497 e. The molecular formula is C18H14FNO3. The summed E-state index contributed by atoms with van der Waals surface area (Å²) in [5, 5.41) is 0.789. The van der Waals surface area contributed by atoms with Gasteiger partial charge in [0.05, 0.1) is 31.0 Å². The molecule has 0 aliphatic carbocycles. The van der Waals surface area contributed by atoms with Crippen molar-refractivity contribution < 1.29 is 18.7 Å². The number of carbonyl (C=O) groups excluding carboxylic acids is 1. The first-order valence-electron chi connectivity index (χ1n) is 6.95. The molecule has 5 heteroatoms. The first kappa shape index (κ1) is 15.0. The maximum absolute atomic E-state index is 13.2. The van der Waals surface area contributed by atoms with Crippen LogP contribution < -0.4 is 4.74 Å². The van der Waals surface area contributed by atoms with E-state index in [1.807, 2.05) is 6.07 Å². The summed E-state index contributed by atoms with van der Waals surface area (Å²) in [5.74, 6) is -0.175. The van der Waals surface area contributed by atoms with Gasteiger partial charge < -0.3 is 9.47 Å². The molecule has 0 saturated heterocycles. The first-order chi connectivity index (χ1) is 11.1. The van der Waals surface area contributed by atoms with E-state index >= 15 is 0 Å². The van der Waals surface area contributed by atoms with E-state index in [9.17, 15) is 9.18 Å². The molecule has 2 aromatic carbocycles. The van der Waals surface area contributed by atoms with Crippen LogP contribution >= 0.6 is 0 Å². The number of hydrogen-bond donors (Lipinski definition) is 0. The second-order valence-electron chi connectivity index (χ2n) is 4.94. The van der Waals surface area contributed by atoms with E-state index in [1.54, 1.807) is 37.4 Å². The molecular weight excluding hydrogens is 297 g/mol. The van der Waals surface area contributed by atoms with Crippen LogP contribution in [0, 0.1) is 5.82 Å². The molecule has 1 heterocycles. The highest BCUT2D eigenvalue weighted by Crippen LogP contribution is 2.28. The lowest BCUT2D eigenvalue weighted by Gasteiger charge is -2.10. The second kappa shape index (κ2) is 6.04. The van der Waals surface area contributed by atoms with Crippen LogP contribution in [0.4, 0.5) is 4.39 Å².